The van der Waals surface area contributed by atoms with Crippen LogP contribution in [0.25, 0.3) is 21.7 Å². The van der Waals surface area contributed by atoms with Gasteiger partial charge in [-0.3, -0.25) is 9.59 Å². The van der Waals surface area contributed by atoms with Crippen molar-refractivity contribution in [3.05, 3.63) is 36.0 Å². The van der Waals surface area contributed by atoms with Crippen molar-refractivity contribution in [2.75, 3.05) is 5.75 Å². The quantitative estimate of drug-likeness (QED) is 0.656. The summed E-state index contributed by atoms with van der Waals surface area (Å²) >= 11 is 0. The van der Waals surface area contributed by atoms with Crippen LogP contribution in [0.4, 0.5) is 0 Å². The average molecular weight is 371 g/mol. The fourth-order valence-electron chi connectivity index (χ4n) is 3.53. The van der Waals surface area contributed by atoms with E-state index in [1.165, 1.54) is 0 Å². The molecule has 1 atom stereocenters. The van der Waals surface area contributed by atoms with Crippen LogP contribution in [0.2, 0.25) is 0 Å². The summed E-state index contributed by atoms with van der Waals surface area (Å²) in [7, 11) is -3.31. The van der Waals surface area contributed by atoms with Crippen LogP contribution in [0.1, 0.15) is 37.8 Å². The molecule has 1 aliphatic carbocycles. The number of carbonyl (C=O) groups excluding carboxylic acids is 2. The van der Waals surface area contributed by atoms with Gasteiger partial charge in [-0.15, -0.1) is 0 Å². The van der Waals surface area contributed by atoms with Crippen molar-refractivity contribution in [1.29, 1.82) is 0 Å². The number of carbonyl (C=O) groups is 2. The number of rotatable bonds is 3. The Hall–Kier alpha value is -2.54. The van der Waals surface area contributed by atoms with Crippen molar-refractivity contribution in [2.45, 2.75) is 37.0 Å². The van der Waals surface area contributed by atoms with Gasteiger partial charge in [-0.05, 0) is 35.4 Å². The van der Waals surface area contributed by atoms with E-state index >= 15 is 0 Å². The highest BCUT2D eigenvalue weighted by Crippen LogP contribution is 2.37. The molecule has 0 aliphatic heterocycles. The van der Waals surface area contributed by atoms with Gasteiger partial charge in [0.05, 0.1) is 28.4 Å². The Morgan fingerprint density at radius 1 is 1.19 bits per heavy atom. The molecule has 0 bridgehead atoms. The molecule has 1 aliphatic rings. The molecule has 0 saturated heterocycles. The van der Waals surface area contributed by atoms with Gasteiger partial charge in [-0.25, -0.2) is 8.42 Å². The zero-order valence-electron chi connectivity index (χ0n) is 14.2. The zero-order chi connectivity index (χ0) is 18.5. The first-order valence-corrected chi connectivity index (χ1v) is 10.1. The summed E-state index contributed by atoms with van der Waals surface area (Å²) in [4.78, 5) is 24.1. The molecule has 0 radical (unpaired) electrons. The highest BCUT2D eigenvalue weighted by Gasteiger charge is 2.32. The topological polar surface area (TPSA) is 94.3 Å². The number of sulfone groups is 1. The molecular weight excluding hydrogens is 354 g/mol. The molecule has 0 spiro atoms. The number of Topliss-reactive ketones (excluding diaryl/α,β-unsaturated/α-hetero) is 2. The van der Waals surface area contributed by atoms with Crippen LogP contribution in [-0.4, -0.2) is 30.9 Å². The summed E-state index contributed by atoms with van der Waals surface area (Å²) in [5, 5.41) is 6.36. The normalized spacial score (nSPS) is 18.7. The molecule has 0 unspecified atom stereocenters. The van der Waals surface area contributed by atoms with Crippen molar-refractivity contribution in [3.63, 3.8) is 0 Å². The summed E-state index contributed by atoms with van der Waals surface area (Å²) in [6.07, 6.45) is 0.717. The number of hydrogen-bond donors (Lipinski definition) is 0. The van der Waals surface area contributed by atoms with Crippen LogP contribution in [-0.2, 0) is 19.4 Å². The summed E-state index contributed by atoms with van der Waals surface area (Å²) in [5.74, 6) is -0.611. The first kappa shape index (κ1) is 16.9. The van der Waals surface area contributed by atoms with Crippen molar-refractivity contribution < 1.29 is 22.5 Å². The van der Waals surface area contributed by atoms with Gasteiger partial charge in [0.2, 0.25) is 0 Å². The highest BCUT2D eigenvalue weighted by molar-refractivity contribution is 7.91. The van der Waals surface area contributed by atoms with Crippen LogP contribution >= 0.6 is 0 Å². The van der Waals surface area contributed by atoms with Gasteiger partial charge in [0.1, 0.15) is 17.3 Å². The second-order valence-corrected chi connectivity index (χ2v) is 8.84. The van der Waals surface area contributed by atoms with E-state index in [0.717, 1.165) is 16.2 Å². The predicted molar refractivity (Wildman–Crippen MR) is 95.8 cm³/mol. The molecule has 2 aromatic carbocycles. The van der Waals surface area contributed by atoms with Crippen molar-refractivity contribution in [2.24, 2.45) is 0 Å². The van der Waals surface area contributed by atoms with Gasteiger partial charge in [-0.2, -0.15) is 0 Å². The predicted octanol–water partition coefficient (Wildman–Crippen LogP) is 3.18. The molecule has 26 heavy (non-hydrogen) atoms. The second kappa shape index (κ2) is 6.02. The maximum Gasteiger partial charge on any atom is 0.178 e. The van der Waals surface area contributed by atoms with Gasteiger partial charge in [-0.1, -0.05) is 24.2 Å². The van der Waals surface area contributed by atoms with E-state index in [9.17, 15) is 18.0 Å². The van der Waals surface area contributed by atoms with Crippen LogP contribution in [0, 0.1) is 0 Å². The molecule has 1 saturated carbocycles. The smallest absolute Gasteiger partial charge is 0.178 e. The molecular formula is C19H17NO5S. The zero-order valence-corrected chi connectivity index (χ0v) is 15.0. The van der Waals surface area contributed by atoms with E-state index in [4.69, 9.17) is 4.52 Å². The molecule has 1 heterocycles. The lowest BCUT2D eigenvalue weighted by Crippen LogP contribution is -2.23. The maximum atomic E-state index is 12.3. The molecule has 1 fully saturated rings. The SMILES string of the molecule is CCS(=O)(=O)c1ccc2c(ccc3onc([C@H]4CCC(=O)CC4=O)c32)c1. The molecule has 0 amide bonds. The number of aromatic nitrogens is 1. The minimum Gasteiger partial charge on any atom is -0.356 e. The van der Waals surface area contributed by atoms with E-state index in [1.807, 2.05) is 0 Å². The minimum absolute atomic E-state index is 0.0316. The van der Waals surface area contributed by atoms with E-state index in [2.05, 4.69) is 5.16 Å². The fourth-order valence-corrected chi connectivity index (χ4v) is 4.45. The van der Waals surface area contributed by atoms with E-state index in [-0.39, 0.29) is 28.6 Å². The molecule has 1 aromatic heterocycles. The van der Waals surface area contributed by atoms with Crippen molar-refractivity contribution in [3.8, 4) is 0 Å². The number of ketones is 2. The second-order valence-electron chi connectivity index (χ2n) is 6.57. The summed E-state index contributed by atoms with van der Waals surface area (Å²) < 4.78 is 29.7. The molecule has 4 rings (SSSR count). The average Bonchev–Trinajstić information content (AvgIpc) is 3.05. The lowest BCUT2D eigenvalue weighted by molar-refractivity contribution is -0.130. The molecule has 7 heteroatoms. The van der Waals surface area contributed by atoms with Crippen LogP contribution in [0.15, 0.2) is 39.8 Å². The maximum absolute atomic E-state index is 12.3. The standard InChI is InChI=1S/C19H17NO5S/c1-2-26(23,24)13-5-7-14-11(9-13)3-8-17-18(14)19(20-25-17)15-6-4-12(21)10-16(15)22/h3,5,7-9,15H,2,4,6,10H2,1H3/t15-/m0/s1. The Labute approximate surface area is 150 Å². The first-order valence-electron chi connectivity index (χ1n) is 8.50. The Morgan fingerprint density at radius 3 is 2.73 bits per heavy atom. The Morgan fingerprint density at radius 2 is 2.00 bits per heavy atom. The number of fused-ring (bicyclic) bond motifs is 3. The van der Waals surface area contributed by atoms with Gasteiger partial charge < -0.3 is 4.52 Å². The molecule has 134 valence electrons. The van der Waals surface area contributed by atoms with E-state index < -0.39 is 15.8 Å². The molecule has 0 N–H and O–H groups in total. The lowest BCUT2D eigenvalue weighted by atomic mass is 9.83. The summed E-state index contributed by atoms with van der Waals surface area (Å²) in [5.41, 5.74) is 1.08. The van der Waals surface area contributed by atoms with Crippen molar-refractivity contribution in [1.82, 2.24) is 5.16 Å². The first-order chi connectivity index (χ1) is 12.4. The summed E-state index contributed by atoms with van der Waals surface area (Å²) in [6.45, 7) is 1.61. The molecule has 3 aromatic rings. The fraction of sp³-hybridized carbons (Fsp3) is 0.316. The van der Waals surface area contributed by atoms with E-state index in [1.54, 1.807) is 37.3 Å². The van der Waals surface area contributed by atoms with Crippen LogP contribution < -0.4 is 0 Å². The number of benzene rings is 2. The third-order valence-electron chi connectivity index (χ3n) is 4.99. The third kappa shape index (κ3) is 2.63. The third-order valence-corrected chi connectivity index (χ3v) is 6.72. The number of hydrogen-bond acceptors (Lipinski definition) is 6. The Balaban J connectivity index is 1.91. The highest BCUT2D eigenvalue weighted by atomic mass is 32.2. The van der Waals surface area contributed by atoms with E-state index in [0.29, 0.717) is 24.1 Å². The monoisotopic (exact) mass is 371 g/mol. The minimum atomic E-state index is -3.31. The van der Waals surface area contributed by atoms with Gasteiger partial charge >= 0.3 is 0 Å². The lowest BCUT2D eigenvalue weighted by Gasteiger charge is -2.18. The largest absolute Gasteiger partial charge is 0.356 e. The van der Waals surface area contributed by atoms with Gasteiger partial charge in [0, 0.05) is 6.42 Å². The number of nitrogens with zero attached hydrogens (tertiary/aromatic N) is 1. The Kier molecular flexibility index (Phi) is 3.91. The van der Waals surface area contributed by atoms with Crippen LogP contribution in [0.5, 0.6) is 0 Å². The van der Waals surface area contributed by atoms with Gasteiger partial charge in [0.25, 0.3) is 0 Å². The molecule has 6 nitrogen and oxygen atoms in total. The summed E-state index contributed by atoms with van der Waals surface area (Å²) in [6, 6.07) is 8.46. The Bertz CT molecular complexity index is 1160. The van der Waals surface area contributed by atoms with Gasteiger partial charge in [0.15, 0.2) is 15.4 Å². The van der Waals surface area contributed by atoms with Crippen molar-refractivity contribution >= 4 is 43.1 Å². The van der Waals surface area contributed by atoms with Crippen LogP contribution in [0.3, 0.4) is 0 Å².